The van der Waals surface area contributed by atoms with E-state index in [9.17, 15) is 0 Å². The number of aliphatic hydroxyl groups is 1. The number of hydrogen-bond acceptors (Lipinski definition) is 3. The Morgan fingerprint density at radius 1 is 1.25 bits per heavy atom. The molecule has 74 valence electrons. The molecule has 0 saturated heterocycles. The van der Waals surface area contributed by atoms with Crippen LogP contribution in [0.5, 0.6) is 0 Å². The zero-order chi connectivity index (χ0) is 9.40. The van der Waals surface area contributed by atoms with Crippen LogP contribution in [0, 0.1) is 0 Å². The van der Waals surface area contributed by atoms with E-state index in [2.05, 4.69) is 19.2 Å². The number of aliphatic hydroxyl groups excluding tert-OH is 1. The van der Waals surface area contributed by atoms with E-state index in [4.69, 9.17) is 10.8 Å². The van der Waals surface area contributed by atoms with Crippen LogP contribution in [0.15, 0.2) is 0 Å². The summed E-state index contributed by atoms with van der Waals surface area (Å²) >= 11 is 0. The van der Waals surface area contributed by atoms with E-state index in [0.29, 0.717) is 12.6 Å². The van der Waals surface area contributed by atoms with Gasteiger partial charge in [0.2, 0.25) is 0 Å². The maximum atomic E-state index is 8.73. The third kappa shape index (κ3) is 4.70. The molecule has 3 nitrogen and oxygen atoms in total. The van der Waals surface area contributed by atoms with Crippen molar-refractivity contribution in [1.29, 1.82) is 0 Å². The molecule has 3 heteroatoms. The third-order valence-corrected chi connectivity index (χ3v) is 2.22. The molecular formula is C9H22N2O. The number of hydrogen-bond donors (Lipinski definition) is 3. The average Bonchev–Trinajstić information content (AvgIpc) is 2.12. The fraction of sp³-hybridized carbons (Fsp3) is 1.00. The molecule has 4 N–H and O–H groups in total. The van der Waals surface area contributed by atoms with Gasteiger partial charge in [0.25, 0.3) is 0 Å². The Hall–Kier alpha value is -0.120. The minimum Gasteiger partial charge on any atom is -0.396 e. The standard InChI is InChI=1S/C9H22N2O/c1-3-8(4-2)11-9(7-10)5-6-12/h8-9,11-12H,3-7,10H2,1-2H3. The van der Waals surface area contributed by atoms with Crippen LogP contribution in [0.4, 0.5) is 0 Å². The van der Waals surface area contributed by atoms with Gasteiger partial charge in [-0.05, 0) is 19.3 Å². The van der Waals surface area contributed by atoms with Gasteiger partial charge in [-0.25, -0.2) is 0 Å². The fourth-order valence-corrected chi connectivity index (χ4v) is 1.28. The van der Waals surface area contributed by atoms with E-state index >= 15 is 0 Å². The van der Waals surface area contributed by atoms with Crippen LogP contribution in [-0.2, 0) is 0 Å². The highest BCUT2D eigenvalue weighted by Gasteiger charge is 2.09. The summed E-state index contributed by atoms with van der Waals surface area (Å²) in [7, 11) is 0. The Kier molecular flexibility index (Phi) is 7.45. The van der Waals surface area contributed by atoms with E-state index in [1.54, 1.807) is 0 Å². The average molecular weight is 174 g/mol. The van der Waals surface area contributed by atoms with Gasteiger partial charge in [-0.1, -0.05) is 13.8 Å². The van der Waals surface area contributed by atoms with Crippen molar-refractivity contribution in [2.75, 3.05) is 13.2 Å². The quantitative estimate of drug-likeness (QED) is 0.526. The van der Waals surface area contributed by atoms with Gasteiger partial charge in [0.05, 0.1) is 0 Å². The van der Waals surface area contributed by atoms with Crippen molar-refractivity contribution in [3.05, 3.63) is 0 Å². The molecule has 0 heterocycles. The Labute approximate surface area is 75.3 Å². The molecule has 0 aliphatic carbocycles. The van der Waals surface area contributed by atoms with Crippen molar-refractivity contribution in [2.45, 2.75) is 45.2 Å². The summed E-state index contributed by atoms with van der Waals surface area (Å²) in [5.41, 5.74) is 5.54. The first-order valence-corrected chi connectivity index (χ1v) is 4.85. The Morgan fingerprint density at radius 2 is 1.83 bits per heavy atom. The predicted molar refractivity (Wildman–Crippen MR) is 52.1 cm³/mol. The molecule has 0 aromatic carbocycles. The largest absolute Gasteiger partial charge is 0.396 e. The van der Waals surface area contributed by atoms with Gasteiger partial charge in [-0.2, -0.15) is 0 Å². The van der Waals surface area contributed by atoms with E-state index in [1.165, 1.54) is 0 Å². The molecule has 0 fully saturated rings. The highest BCUT2D eigenvalue weighted by atomic mass is 16.3. The van der Waals surface area contributed by atoms with Crippen molar-refractivity contribution < 1.29 is 5.11 Å². The highest BCUT2D eigenvalue weighted by molar-refractivity contribution is 4.72. The first-order valence-electron chi connectivity index (χ1n) is 4.85. The highest BCUT2D eigenvalue weighted by Crippen LogP contribution is 1.99. The molecule has 1 unspecified atom stereocenters. The smallest absolute Gasteiger partial charge is 0.0446 e. The molecule has 0 radical (unpaired) electrons. The summed E-state index contributed by atoms with van der Waals surface area (Å²) in [6, 6.07) is 0.824. The summed E-state index contributed by atoms with van der Waals surface area (Å²) in [5, 5.41) is 12.1. The summed E-state index contributed by atoms with van der Waals surface area (Å²) < 4.78 is 0. The molecule has 0 aliphatic heterocycles. The normalized spacial score (nSPS) is 13.8. The number of rotatable bonds is 7. The zero-order valence-electron chi connectivity index (χ0n) is 8.21. The maximum absolute atomic E-state index is 8.73. The maximum Gasteiger partial charge on any atom is 0.0446 e. The van der Waals surface area contributed by atoms with Crippen molar-refractivity contribution in [1.82, 2.24) is 5.32 Å². The lowest BCUT2D eigenvalue weighted by molar-refractivity contribution is 0.257. The zero-order valence-corrected chi connectivity index (χ0v) is 8.21. The van der Waals surface area contributed by atoms with Crippen molar-refractivity contribution in [3.8, 4) is 0 Å². The molecular weight excluding hydrogens is 152 g/mol. The minimum absolute atomic E-state index is 0.217. The molecule has 1 atom stereocenters. The summed E-state index contributed by atoms with van der Waals surface area (Å²) in [4.78, 5) is 0. The Balaban J connectivity index is 3.65. The SMILES string of the molecule is CCC(CC)NC(CN)CCO. The molecule has 0 aliphatic rings. The second-order valence-corrected chi connectivity index (χ2v) is 3.12. The summed E-state index contributed by atoms with van der Waals surface area (Å²) in [5.74, 6) is 0. The molecule has 0 aromatic rings. The van der Waals surface area contributed by atoms with E-state index < -0.39 is 0 Å². The lowest BCUT2D eigenvalue weighted by Gasteiger charge is -2.22. The van der Waals surface area contributed by atoms with Crippen LogP contribution < -0.4 is 11.1 Å². The third-order valence-electron chi connectivity index (χ3n) is 2.22. The van der Waals surface area contributed by atoms with Crippen molar-refractivity contribution in [2.24, 2.45) is 5.73 Å². The second kappa shape index (κ2) is 7.53. The van der Waals surface area contributed by atoms with Gasteiger partial charge in [0.15, 0.2) is 0 Å². The molecule has 0 saturated carbocycles. The first kappa shape index (κ1) is 11.9. The second-order valence-electron chi connectivity index (χ2n) is 3.12. The summed E-state index contributed by atoms with van der Waals surface area (Å²) in [6.45, 7) is 5.15. The van der Waals surface area contributed by atoms with Gasteiger partial charge < -0.3 is 16.2 Å². The Morgan fingerprint density at radius 3 is 2.17 bits per heavy atom. The van der Waals surface area contributed by atoms with Crippen LogP contribution >= 0.6 is 0 Å². The molecule has 0 amide bonds. The van der Waals surface area contributed by atoms with E-state index in [0.717, 1.165) is 19.3 Å². The van der Waals surface area contributed by atoms with Gasteiger partial charge in [-0.15, -0.1) is 0 Å². The lowest BCUT2D eigenvalue weighted by Crippen LogP contribution is -2.42. The van der Waals surface area contributed by atoms with Crippen molar-refractivity contribution in [3.63, 3.8) is 0 Å². The fourth-order valence-electron chi connectivity index (χ4n) is 1.28. The van der Waals surface area contributed by atoms with Gasteiger partial charge in [0.1, 0.15) is 0 Å². The molecule has 0 rings (SSSR count). The minimum atomic E-state index is 0.217. The molecule has 0 bridgehead atoms. The van der Waals surface area contributed by atoms with Crippen LogP contribution in [0.1, 0.15) is 33.1 Å². The van der Waals surface area contributed by atoms with Crippen LogP contribution in [0.2, 0.25) is 0 Å². The molecule has 0 aromatic heterocycles. The monoisotopic (exact) mass is 174 g/mol. The molecule has 0 spiro atoms. The van der Waals surface area contributed by atoms with Gasteiger partial charge >= 0.3 is 0 Å². The van der Waals surface area contributed by atoms with E-state index in [1.807, 2.05) is 0 Å². The van der Waals surface area contributed by atoms with Gasteiger partial charge in [-0.3, -0.25) is 0 Å². The predicted octanol–water partition coefficient (Wildman–Crippen LogP) is 0.474. The van der Waals surface area contributed by atoms with E-state index in [-0.39, 0.29) is 12.6 Å². The molecule has 12 heavy (non-hydrogen) atoms. The number of nitrogens with two attached hydrogens (primary N) is 1. The van der Waals surface area contributed by atoms with Crippen LogP contribution in [-0.4, -0.2) is 30.3 Å². The lowest BCUT2D eigenvalue weighted by atomic mass is 10.1. The Bertz CT molecular complexity index is 94.5. The van der Waals surface area contributed by atoms with Gasteiger partial charge in [0, 0.05) is 25.2 Å². The topological polar surface area (TPSA) is 58.3 Å². The number of nitrogens with one attached hydrogen (secondary N) is 1. The summed E-state index contributed by atoms with van der Waals surface area (Å²) in [6.07, 6.45) is 3.00. The van der Waals surface area contributed by atoms with Crippen LogP contribution in [0.25, 0.3) is 0 Å². The first-order chi connectivity index (χ1) is 5.78. The van der Waals surface area contributed by atoms with Crippen molar-refractivity contribution >= 4 is 0 Å². The van der Waals surface area contributed by atoms with Crippen LogP contribution in [0.3, 0.4) is 0 Å².